The Morgan fingerprint density at radius 2 is 1.65 bits per heavy atom. The van der Waals surface area contributed by atoms with Gasteiger partial charge in [-0.15, -0.1) is 0 Å². The third kappa shape index (κ3) is 6.02. The molecule has 2 aromatic carbocycles. The van der Waals surface area contributed by atoms with E-state index in [-0.39, 0.29) is 11.7 Å². The normalized spacial score (nSPS) is 15.0. The fraction of sp³-hybridized carbons (Fsp3) is 0.292. The summed E-state index contributed by atoms with van der Waals surface area (Å²) in [6.45, 7) is 3.30. The molecular formula is C24H27N3O4. The van der Waals surface area contributed by atoms with E-state index in [1.165, 1.54) is 13.0 Å². The number of hydrogen-bond donors (Lipinski definition) is 2. The maximum absolute atomic E-state index is 12.8. The van der Waals surface area contributed by atoms with Crippen LogP contribution in [0.1, 0.15) is 22.8 Å². The van der Waals surface area contributed by atoms with E-state index in [4.69, 9.17) is 0 Å². The predicted octanol–water partition coefficient (Wildman–Crippen LogP) is 1.73. The summed E-state index contributed by atoms with van der Waals surface area (Å²) >= 11 is 0. The Morgan fingerprint density at radius 3 is 2.23 bits per heavy atom. The number of amides is 2. The van der Waals surface area contributed by atoms with E-state index in [1.807, 2.05) is 42.5 Å². The van der Waals surface area contributed by atoms with Gasteiger partial charge in [-0.05, 0) is 42.8 Å². The molecule has 3 rings (SSSR count). The van der Waals surface area contributed by atoms with Crippen molar-refractivity contribution in [1.29, 1.82) is 0 Å². The molecule has 0 saturated carbocycles. The molecule has 1 saturated heterocycles. The lowest BCUT2D eigenvalue weighted by atomic mass is 10.1. The summed E-state index contributed by atoms with van der Waals surface area (Å²) in [6, 6.07) is 15.8. The third-order valence-electron chi connectivity index (χ3n) is 5.25. The van der Waals surface area contributed by atoms with Crippen molar-refractivity contribution in [3.8, 4) is 0 Å². The van der Waals surface area contributed by atoms with Crippen LogP contribution < -0.4 is 10.2 Å². The molecular weight excluding hydrogens is 394 g/mol. The molecule has 7 heteroatoms. The molecule has 0 spiro atoms. The largest absolute Gasteiger partial charge is 0.394 e. The molecule has 0 bridgehead atoms. The summed E-state index contributed by atoms with van der Waals surface area (Å²) in [6.07, 6.45) is 3.01. The maximum atomic E-state index is 12.8. The second-order valence-electron chi connectivity index (χ2n) is 7.40. The highest BCUT2D eigenvalue weighted by Gasteiger charge is 2.28. The number of carbonyl (C=O) groups is 3. The molecule has 162 valence electrons. The zero-order chi connectivity index (χ0) is 22.2. The zero-order valence-electron chi connectivity index (χ0n) is 17.5. The number of nitrogens with zero attached hydrogens (tertiary/aromatic N) is 2. The summed E-state index contributed by atoms with van der Waals surface area (Å²) in [5, 5.41) is 12.2. The first kappa shape index (κ1) is 22.2. The van der Waals surface area contributed by atoms with Gasteiger partial charge in [0.1, 0.15) is 6.04 Å². The number of aliphatic hydroxyl groups excluding tert-OH is 1. The fourth-order valence-electron chi connectivity index (χ4n) is 3.45. The van der Waals surface area contributed by atoms with Gasteiger partial charge in [-0.1, -0.05) is 30.3 Å². The van der Waals surface area contributed by atoms with Crippen LogP contribution in [0.15, 0.2) is 60.7 Å². The molecule has 7 nitrogen and oxygen atoms in total. The Morgan fingerprint density at radius 1 is 1.00 bits per heavy atom. The first-order valence-electron chi connectivity index (χ1n) is 10.3. The van der Waals surface area contributed by atoms with Crippen LogP contribution >= 0.6 is 0 Å². The molecule has 0 aromatic heterocycles. The summed E-state index contributed by atoms with van der Waals surface area (Å²) in [5.74, 6) is -0.700. The van der Waals surface area contributed by atoms with Gasteiger partial charge in [-0.2, -0.15) is 0 Å². The van der Waals surface area contributed by atoms with Crippen molar-refractivity contribution in [2.45, 2.75) is 13.0 Å². The molecule has 31 heavy (non-hydrogen) atoms. The van der Waals surface area contributed by atoms with Crippen LogP contribution in [0.5, 0.6) is 0 Å². The van der Waals surface area contributed by atoms with E-state index >= 15 is 0 Å². The number of ketones is 1. The smallest absolute Gasteiger partial charge is 0.247 e. The molecule has 1 heterocycles. The third-order valence-corrected chi connectivity index (χ3v) is 5.25. The number of rotatable bonds is 7. The van der Waals surface area contributed by atoms with Crippen LogP contribution in [0.25, 0.3) is 6.08 Å². The lowest BCUT2D eigenvalue weighted by molar-refractivity contribution is -0.137. The lowest BCUT2D eigenvalue weighted by Crippen LogP contribution is -2.56. The van der Waals surface area contributed by atoms with Crippen LogP contribution in [0.2, 0.25) is 0 Å². The van der Waals surface area contributed by atoms with Crippen molar-refractivity contribution < 1.29 is 19.5 Å². The minimum absolute atomic E-state index is 0.0256. The van der Waals surface area contributed by atoms with Gasteiger partial charge in [0.05, 0.1) is 6.61 Å². The van der Waals surface area contributed by atoms with Crippen LogP contribution in [0, 0.1) is 0 Å². The van der Waals surface area contributed by atoms with E-state index in [1.54, 1.807) is 23.1 Å². The minimum Gasteiger partial charge on any atom is -0.394 e. The number of aliphatic hydroxyl groups is 1. The molecule has 2 amide bonds. The Labute approximate surface area is 182 Å². The number of benzene rings is 2. The first-order valence-corrected chi connectivity index (χ1v) is 10.3. The number of carbonyl (C=O) groups excluding carboxylic acids is 3. The van der Waals surface area contributed by atoms with E-state index in [9.17, 15) is 19.5 Å². The van der Waals surface area contributed by atoms with E-state index in [0.29, 0.717) is 31.7 Å². The molecule has 2 N–H and O–H groups in total. The van der Waals surface area contributed by atoms with Crippen molar-refractivity contribution in [3.63, 3.8) is 0 Å². The van der Waals surface area contributed by atoms with E-state index < -0.39 is 18.6 Å². The number of Topliss-reactive ketones (excluding diaryl/α,β-unsaturated/α-hetero) is 1. The lowest BCUT2D eigenvalue weighted by Gasteiger charge is -2.37. The highest BCUT2D eigenvalue weighted by molar-refractivity contribution is 5.96. The Bertz CT molecular complexity index is 933. The summed E-state index contributed by atoms with van der Waals surface area (Å²) < 4.78 is 0. The number of anilines is 1. The Hall–Kier alpha value is -3.45. The van der Waals surface area contributed by atoms with E-state index in [2.05, 4.69) is 10.2 Å². The van der Waals surface area contributed by atoms with Crippen LogP contribution in [0.4, 0.5) is 5.69 Å². The molecule has 2 aromatic rings. The van der Waals surface area contributed by atoms with Crippen molar-refractivity contribution in [2.24, 2.45) is 0 Å². The van der Waals surface area contributed by atoms with Gasteiger partial charge in [0.25, 0.3) is 0 Å². The Kier molecular flexibility index (Phi) is 7.56. The number of nitrogens with one attached hydrogen (secondary N) is 1. The van der Waals surface area contributed by atoms with Crippen LogP contribution in [-0.2, 0) is 9.59 Å². The summed E-state index contributed by atoms with van der Waals surface area (Å²) in [7, 11) is 0. The SMILES string of the molecule is CC(=O)c1ccc(N2CCN(C(=O)[C@H](CO)NC(=O)C=Cc3ccccc3)CC2)cc1. The topological polar surface area (TPSA) is 90.0 Å². The van der Waals surface area contributed by atoms with Gasteiger partial charge in [-0.3, -0.25) is 14.4 Å². The standard InChI is InChI=1S/C24H27N3O4/c1-18(29)20-8-10-21(11-9-20)26-13-15-27(16-14-26)24(31)22(17-28)25-23(30)12-7-19-5-3-2-4-6-19/h2-12,22,28H,13-17H2,1H3,(H,25,30)/t22-/m0/s1. The number of hydrogen-bond acceptors (Lipinski definition) is 5. The van der Waals surface area contributed by atoms with Gasteiger partial charge < -0.3 is 20.2 Å². The molecule has 0 radical (unpaired) electrons. The average Bonchev–Trinajstić information content (AvgIpc) is 2.81. The molecule has 1 fully saturated rings. The Balaban J connectivity index is 1.52. The van der Waals surface area contributed by atoms with E-state index in [0.717, 1.165) is 11.3 Å². The van der Waals surface area contributed by atoms with Gasteiger partial charge >= 0.3 is 0 Å². The predicted molar refractivity (Wildman–Crippen MR) is 120 cm³/mol. The summed E-state index contributed by atoms with van der Waals surface area (Å²) in [4.78, 5) is 40.2. The highest BCUT2D eigenvalue weighted by atomic mass is 16.3. The van der Waals surface area contributed by atoms with Crippen molar-refractivity contribution >= 4 is 29.4 Å². The quantitative estimate of drug-likeness (QED) is 0.525. The second kappa shape index (κ2) is 10.5. The first-order chi connectivity index (χ1) is 15.0. The van der Waals surface area contributed by atoms with Crippen LogP contribution in [0.3, 0.4) is 0 Å². The monoisotopic (exact) mass is 421 g/mol. The second-order valence-corrected chi connectivity index (χ2v) is 7.40. The van der Waals surface area contributed by atoms with Gasteiger partial charge in [0.2, 0.25) is 11.8 Å². The van der Waals surface area contributed by atoms with Crippen LogP contribution in [-0.4, -0.2) is 66.4 Å². The number of piperazine rings is 1. The van der Waals surface area contributed by atoms with Crippen molar-refractivity contribution in [3.05, 3.63) is 71.8 Å². The van der Waals surface area contributed by atoms with Crippen molar-refractivity contribution in [1.82, 2.24) is 10.2 Å². The molecule has 1 aliphatic heterocycles. The zero-order valence-corrected chi connectivity index (χ0v) is 17.5. The molecule has 0 aliphatic carbocycles. The maximum Gasteiger partial charge on any atom is 0.247 e. The van der Waals surface area contributed by atoms with Crippen molar-refractivity contribution in [2.75, 3.05) is 37.7 Å². The fourth-order valence-corrected chi connectivity index (χ4v) is 3.45. The van der Waals surface area contributed by atoms with Gasteiger partial charge in [0, 0.05) is 43.5 Å². The highest BCUT2D eigenvalue weighted by Crippen LogP contribution is 2.18. The van der Waals surface area contributed by atoms with Gasteiger partial charge in [-0.25, -0.2) is 0 Å². The molecule has 0 unspecified atom stereocenters. The molecule has 1 aliphatic rings. The average molecular weight is 421 g/mol. The minimum atomic E-state index is -0.977. The van der Waals surface area contributed by atoms with Gasteiger partial charge in [0.15, 0.2) is 5.78 Å². The molecule has 1 atom stereocenters. The summed E-state index contributed by atoms with van der Waals surface area (Å²) in [5.41, 5.74) is 2.53.